The van der Waals surface area contributed by atoms with E-state index < -0.39 is 5.97 Å². The number of nitrogens with zero attached hydrogens (tertiary/aromatic N) is 2. The van der Waals surface area contributed by atoms with Crippen molar-refractivity contribution in [3.63, 3.8) is 0 Å². The summed E-state index contributed by atoms with van der Waals surface area (Å²) in [4.78, 5) is 31.6. The van der Waals surface area contributed by atoms with Crippen LogP contribution in [0.2, 0.25) is 0 Å². The summed E-state index contributed by atoms with van der Waals surface area (Å²) in [6.07, 6.45) is 0.614. The molecule has 0 aliphatic carbocycles. The van der Waals surface area contributed by atoms with E-state index in [-0.39, 0.29) is 23.0 Å². The third kappa shape index (κ3) is 3.17. The number of carboxylic acid groups (broad SMARTS) is 1. The Morgan fingerprint density at radius 1 is 1.42 bits per heavy atom. The summed E-state index contributed by atoms with van der Waals surface area (Å²) in [5.41, 5.74) is 7.15. The molecule has 0 fully saturated rings. The fraction of sp³-hybridized carbons (Fsp3) is 0.312. The monoisotopic (exact) mass is 329 g/mol. The highest BCUT2D eigenvalue weighted by atomic mass is 16.4. The molecule has 2 aromatic rings. The van der Waals surface area contributed by atoms with Crippen molar-refractivity contribution in [1.82, 2.24) is 9.97 Å². The number of nitrogens with two attached hydrogens (primary N) is 1. The predicted molar refractivity (Wildman–Crippen MR) is 91.6 cm³/mol. The maximum atomic E-state index is 12.0. The van der Waals surface area contributed by atoms with Gasteiger partial charge in [-0.2, -0.15) is 4.98 Å². The molecule has 0 amide bonds. The number of hydrogen-bond donors (Lipinski definition) is 4. The Labute approximate surface area is 138 Å². The van der Waals surface area contributed by atoms with Crippen LogP contribution in [-0.2, 0) is 6.42 Å². The summed E-state index contributed by atoms with van der Waals surface area (Å²) >= 11 is 0. The van der Waals surface area contributed by atoms with Crippen LogP contribution < -0.4 is 21.5 Å². The first kappa shape index (κ1) is 15.9. The molecule has 0 radical (unpaired) electrons. The van der Waals surface area contributed by atoms with Gasteiger partial charge in [0.1, 0.15) is 5.82 Å². The molecule has 0 bridgehead atoms. The standard InChI is InChI=1S/C16H19N5O3/c1-21(11-4-2-10(3-5-11)15(23)24)8-9-6-12-13(18-7-9)19-16(17)20-14(12)22/h2-5,9H,6-8H2,1H3,(H,23,24)(H4,17,18,19,20,22). The zero-order valence-corrected chi connectivity index (χ0v) is 13.2. The van der Waals surface area contributed by atoms with Gasteiger partial charge in [0, 0.05) is 25.8 Å². The summed E-state index contributed by atoms with van der Waals surface area (Å²) in [6, 6.07) is 6.73. The van der Waals surface area contributed by atoms with E-state index in [1.54, 1.807) is 24.3 Å². The van der Waals surface area contributed by atoms with Crippen molar-refractivity contribution in [2.75, 3.05) is 36.1 Å². The first-order valence-corrected chi connectivity index (χ1v) is 7.61. The zero-order chi connectivity index (χ0) is 17.3. The number of rotatable bonds is 4. The Kier molecular flexibility index (Phi) is 4.11. The molecule has 8 heteroatoms. The largest absolute Gasteiger partial charge is 0.478 e. The minimum Gasteiger partial charge on any atom is -0.478 e. The number of H-pyrrole nitrogens is 1. The maximum Gasteiger partial charge on any atom is 0.335 e. The van der Waals surface area contributed by atoms with Crippen LogP contribution in [0.3, 0.4) is 0 Å². The number of carboxylic acids is 1. The highest BCUT2D eigenvalue weighted by molar-refractivity contribution is 5.88. The number of aromatic nitrogens is 2. The van der Waals surface area contributed by atoms with Gasteiger partial charge in [-0.05, 0) is 36.6 Å². The van der Waals surface area contributed by atoms with Gasteiger partial charge >= 0.3 is 5.97 Å². The van der Waals surface area contributed by atoms with Crippen LogP contribution in [0.5, 0.6) is 0 Å². The average molecular weight is 329 g/mol. The molecular weight excluding hydrogens is 310 g/mol. The lowest BCUT2D eigenvalue weighted by molar-refractivity contribution is 0.0697. The number of benzene rings is 1. The third-order valence-electron chi connectivity index (χ3n) is 4.17. The summed E-state index contributed by atoms with van der Waals surface area (Å²) < 4.78 is 0. The fourth-order valence-electron chi connectivity index (χ4n) is 2.93. The van der Waals surface area contributed by atoms with Crippen molar-refractivity contribution in [2.24, 2.45) is 5.92 Å². The molecule has 1 unspecified atom stereocenters. The van der Waals surface area contributed by atoms with E-state index in [9.17, 15) is 9.59 Å². The number of fused-ring (bicyclic) bond motifs is 1. The molecule has 0 saturated heterocycles. The van der Waals surface area contributed by atoms with Crippen molar-refractivity contribution < 1.29 is 9.90 Å². The number of anilines is 3. The molecule has 2 heterocycles. The highest BCUT2D eigenvalue weighted by Gasteiger charge is 2.23. The van der Waals surface area contributed by atoms with Gasteiger partial charge in [-0.15, -0.1) is 0 Å². The summed E-state index contributed by atoms with van der Waals surface area (Å²) in [6.45, 7) is 1.42. The van der Waals surface area contributed by atoms with E-state index in [0.717, 1.165) is 12.2 Å². The minimum atomic E-state index is -0.941. The van der Waals surface area contributed by atoms with Crippen LogP contribution >= 0.6 is 0 Å². The van der Waals surface area contributed by atoms with Crippen molar-refractivity contribution in [1.29, 1.82) is 0 Å². The number of carbonyl (C=O) groups is 1. The van der Waals surface area contributed by atoms with Gasteiger partial charge in [0.25, 0.3) is 5.56 Å². The SMILES string of the molecule is CN(CC1CNc2nc(N)[nH]c(=O)c2C1)c1ccc(C(=O)O)cc1. The smallest absolute Gasteiger partial charge is 0.335 e. The lowest BCUT2D eigenvalue weighted by Crippen LogP contribution is -2.37. The molecule has 1 aromatic heterocycles. The van der Waals surface area contributed by atoms with Gasteiger partial charge < -0.3 is 21.1 Å². The van der Waals surface area contributed by atoms with Crippen molar-refractivity contribution >= 4 is 23.4 Å². The second-order valence-electron chi connectivity index (χ2n) is 5.96. The lowest BCUT2D eigenvalue weighted by atomic mass is 9.96. The zero-order valence-electron chi connectivity index (χ0n) is 13.2. The normalized spacial score (nSPS) is 16.1. The number of nitrogens with one attached hydrogen (secondary N) is 2. The Morgan fingerprint density at radius 3 is 2.79 bits per heavy atom. The van der Waals surface area contributed by atoms with E-state index in [1.165, 1.54) is 0 Å². The Bertz CT molecular complexity index is 815. The number of aromatic amines is 1. The van der Waals surface area contributed by atoms with Crippen LogP contribution in [-0.4, -0.2) is 41.2 Å². The van der Waals surface area contributed by atoms with Crippen LogP contribution in [0.15, 0.2) is 29.1 Å². The summed E-state index contributed by atoms with van der Waals surface area (Å²) in [5.74, 6) is -0.0437. The van der Waals surface area contributed by atoms with Crippen LogP contribution in [0.1, 0.15) is 15.9 Å². The molecule has 1 aliphatic rings. The quantitative estimate of drug-likeness (QED) is 0.653. The first-order chi connectivity index (χ1) is 11.4. The van der Waals surface area contributed by atoms with Gasteiger partial charge in [0.15, 0.2) is 0 Å². The molecule has 1 aliphatic heterocycles. The van der Waals surface area contributed by atoms with E-state index in [0.29, 0.717) is 24.3 Å². The molecule has 5 N–H and O–H groups in total. The van der Waals surface area contributed by atoms with Crippen LogP contribution in [0.4, 0.5) is 17.5 Å². The average Bonchev–Trinajstić information content (AvgIpc) is 2.55. The molecule has 1 aromatic carbocycles. The molecule has 8 nitrogen and oxygen atoms in total. The fourth-order valence-corrected chi connectivity index (χ4v) is 2.93. The predicted octanol–water partition coefficient (Wildman–Crippen LogP) is 0.771. The molecule has 1 atom stereocenters. The van der Waals surface area contributed by atoms with E-state index in [2.05, 4.69) is 15.3 Å². The maximum absolute atomic E-state index is 12.0. The first-order valence-electron chi connectivity index (χ1n) is 7.61. The van der Waals surface area contributed by atoms with Gasteiger partial charge in [0.2, 0.25) is 5.95 Å². The molecule has 3 rings (SSSR count). The van der Waals surface area contributed by atoms with Crippen LogP contribution in [0.25, 0.3) is 0 Å². The second-order valence-corrected chi connectivity index (χ2v) is 5.96. The van der Waals surface area contributed by atoms with Gasteiger partial charge in [-0.25, -0.2) is 4.79 Å². The van der Waals surface area contributed by atoms with Crippen molar-refractivity contribution in [3.05, 3.63) is 45.7 Å². The number of hydrogen-bond acceptors (Lipinski definition) is 6. The number of aromatic carboxylic acids is 1. The summed E-state index contributed by atoms with van der Waals surface area (Å²) in [7, 11) is 1.94. The molecular formula is C16H19N5O3. The van der Waals surface area contributed by atoms with Gasteiger partial charge in [0.05, 0.1) is 11.1 Å². The van der Waals surface area contributed by atoms with E-state index in [4.69, 9.17) is 10.8 Å². The van der Waals surface area contributed by atoms with E-state index in [1.807, 2.05) is 11.9 Å². The Morgan fingerprint density at radius 2 is 2.12 bits per heavy atom. The summed E-state index contributed by atoms with van der Waals surface area (Å²) in [5, 5.41) is 12.1. The van der Waals surface area contributed by atoms with Crippen molar-refractivity contribution in [2.45, 2.75) is 6.42 Å². The van der Waals surface area contributed by atoms with Gasteiger partial charge in [-0.1, -0.05) is 0 Å². The lowest BCUT2D eigenvalue weighted by Gasteiger charge is -2.29. The highest BCUT2D eigenvalue weighted by Crippen LogP contribution is 2.22. The Balaban J connectivity index is 1.70. The van der Waals surface area contributed by atoms with E-state index >= 15 is 0 Å². The van der Waals surface area contributed by atoms with Gasteiger partial charge in [-0.3, -0.25) is 9.78 Å². The van der Waals surface area contributed by atoms with Crippen molar-refractivity contribution in [3.8, 4) is 0 Å². The minimum absolute atomic E-state index is 0.111. The topological polar surface area (TPSA) is 124 Å². The molecule has 0 saturated carbocycles. The number of nitrogen functional groups attached to an aromatic ring is 1. The third-order valence-corrected chi connectivity index (χ3v) is 4.17. The second kappa shape index (κ2) is 6.23. The Hall–Kier alpha value is -3.03. The molecule has 24 heavy (non-hydrogen) atoms. The van der Waals surface area contributed by atoms with Crippen LogP contribution in [0, 0.1) is 5.92 Å². The molecule has 0 spiro atoms. The molecule has 126 valence electrons.